The van der Waals surface area contributed by atoms with Crippen molar-refractivity contribution in [2.24, 2.45) is 0 Å². The van der Waals surface area contributed by atoms with Crippen LogP contribution in [0.5, 0.6) is 0 Å². The fourth-order valence-electron chi connectivity index (χ4n) is 2.88. The van der Waals surface area contributed by atoms with Crippen molar-refractivity contribution in [2.45, 2.75) is 44.7 Å². The van der Waals surface area contributed by atoms with E-state index in [0.717, 1.165) is 25.8 Å². The van der Waals surface area contributed by atoms with Gasteiger partial charge in [-0.25, -0.2) is 4.39 Å². The number of hydrogen-bond donors (Lipinski definition) is 0. The minimum Gasteiger partial charge on any atom is -0.281 e. The van der Waals surface area contributed by atoms with Crippen LogP contribution in [0.4, 0.5) is 4.39 Å². The zero-order chi connectivity index (χ0) is 13.8. The normalized spacial score (nSPS) is 21.9. The number of piperidine rings is 1. The molecule has 0 bridgehead atoms. The van der Waals surface area contributed by atoms with Gasteiger partial charge < -0.3 is 0 Å². The molecule has 1 saturated heterocycles. The van der Waals surface area contributed by atoms with Gasteiger partial charge in [-0.3, -0.25) is 4.90 Å². The van der Waals surface area contributed by atoms with E-state index >= 15 is 0 Å². The quantitative estimate of drug-likeness (QED) is 0.825. The van der Waals surface area contributed by atoms with E-state index in [9.17, 15) is 9.65 Å². The highest BCUT2D eigenvalue weighted by Gasteiger charge is 2.31. The second kappa shape index (κ2) is 6.36. The molecule has 0 spiro atoms. The third-order valence-electron chi connectivity index (χ3n) is 3.87. The van der Waals surface area contributed by atoms with Crippen molar-refractivity contribution in [1.82, 2.24) is 4.90 Å². The lowest BCUT2D eigenvalue weighted by Gasteiger charge is -2.38. The summed E-state index contributed by atoms with van der Waals surface area (Å²) >= 11 is 6.10. The highest BCUT2D eigenvalue weighted by molar-refractivity contribution is 6.31. The van der Waals surface area contributed by atoms with E-state index in [2.05, 4.69) is 17.9 Å². The highest BCUT2D eigenvalue weighted by Crippen LogP contribution is 2.34. The second-order valence-corrected chi connectivity index (χ2v) is 5.37. The van der Waals surface area contributed by atoms with Crippen molar-refractivity contribution in [1.29, 1.82) is 5.26 Å². The van der Waals surface area contributed by atoms with Gasteiger partial charge in [-0.05, 0) is 31.4 Å². The van der Waals surface area contributed by atoms with E-state index in [1.807, 2.05) is 0 Å². The van der Waals surface area contributed by atoms with Gasteiger partial charge in [0.15, 0.2) is 0 Å². The molecular weight excluding hydrogens is 263 g/mol. The predicted molar refractivity (Wildman–Crippen MR) is 74.4 cm³/mol. The van der Waals surface area contributed by atoms with Crippen LogP contribution in [-0.4, -0.2) is 17.5 Å². The maximum absolute atomic E-state index is 14.0. The second-order valence-electron chi connectivity index (χ2n) is 4.96. The molecule has 1 aliphatic rings. The SMILES string of the molecule is CCC1CCCCN1C(C#N)c1c(F)cccc1Cl. The van der Waals surface area contributed by atoms with Gasteiger partial charge in [-0.1, -0.05) is 31.0 Å². The third-order valence-corrected chi connectivity index (χ3v) is 4.20. The molecule has 2 nitrogen and oxygen atoms in total. The summed E-state index contributed by atoms with van der Waals surface area (Å²) < 4.78 is 14.0. The van der Waals surface area contributed by atoms with Crippen molar-refractivity contribution in [3.63, 3.8) is 0 Å². The lowest BCUT2D eigenvalue weighted by molar-refractivity contribution is 0.115. The number of nitriles is 1. The van der Waals surface area contributed by atoms with Crippen molar-refractivity contribution in [3.05, 3.63) is 34.6 Å². The Morgan fingerprint density at radius 1 is 1.53 bits per heavy atom. The van der Waals surface area contributed by atoms with Gasteiger partial charge in [0.2, 0.25) is 0 Å². The van der Waals surface area contributed by atoms with Gasteiger partial charge in [-0.2, -0.15) is 5.26 Å². The lowest BCUT2D eigenvalue weighted by atomic mass is 9.95. The largest absolute Gasteiger partial charge is 0.281 e. The highest BCUT2D eigenvalue weighted by atomic mass is 35.5. The molecule has 102 valence electrons. The first-order valence-electron chi connectivity index (χ1n) is 6.78. The zero-order valence-corrected chi connectivity index (χ0v) is 11.8. The fourth-order valence-corrected chi connectivity index (χ4v) is 3.14. The Morgan fingerprint density at radius 3 is 2.95 bits per heavy atom. The van der Waals surface area contributed by atoms with Crippen molar-refractivity contribution in [3.8, 4) is 6.07 Å². The van der Waals surface area contributed by atoms with E-state index in [1.165, 1.54) is 12.5 Å². The van der Waals surface area contributed by atoms with E-state index < -0.39 is 6.04 Å². The maximum atomic E-state index is 14.0. The minimum absolute atomic E-state index is 0.326. The van der Waals surface area contributed by atoms with Gasteiger partial charge in [-0.15, -0.1) is 0 Å². The molecule has 2 unspecified atom stereocenters. The van der Waals surface area contributed by atoms with Gasteiger partial charge in [0.1, 0.15) is 11.9 Å². The minimum atomic E-state index is -0.584. The Bertz CT molecular complexity index is 463. The Hall–Kier alpha value is -1.11. The number of likely N-dealkylation sites (tertiary alicyclic amines) is 1. The number of benzene rings is 1. The lowest BCUT2D eigenvalue weighted by Crippen LogP contribution is -2.41. The van der Waals surface area contributed by atoms with E-state index in [-0.39, 0.29) is 5.82 Å². The molecule has 4 heteroatoms. The molecule has 0 aromatic heterocycles. The topological polar surface area (TPSA) is 27.0 Å². The molecule has 19 heavy (non-hydrogen) atoms. The number of rotatable bonds is 3. The zero-order valence-electron chi connectivity index (χ0n) is 11.1. The summed E-state index contributed by atoms with van der Waals surface area (Å²) in [5.41, 5.74) is 0.326. The number of hydrogen-bond acceptors (Lipinski definition) is 2. The Kier molecular flexibility index (Phi) is 4.79. The summed E-state index contributed by atoms with van der Waals surface area (Å²) in [5.74, 6) is -0.389. The predicted octanol–water partition coefficient (Wildman–Crippen LogP) is 4.31. The van der Waals surface area contributed by atoms with Crippen LogP contribution in [0.1, 0.15) is 44.2 Å². The Morgan fingerprint density at radius 2 is 2.32 bits per heavy atom. The first-order chi connectivity index (χ1) is 9.19. The fraction of sp³-hybridized carbons (Fsp3) is 0.533. The maximum Gasteiger partial charge on any atom is 0.130 e. The molecule has 1 aliphatic heterocycles. The first kappa shape index (κ1) is 14.3. The molecule has 2 atom stereocenters. The summed E-state index contributed by atoms with van der Waals surface area (Å²) in [6.45, 7) is 2.95. The van der Waals surface area contributed by atoms with Crippen LogP contribution in [0.3, 0.4) is 0 Å². The van der Waals surface area contributed by atoms with Crippen LogP contribution in [-0.2, 0) is 0 Å². The van der Waals surface area contributed by atoms with Crippen LogP contribution < -0.4 is 0 Å². The average Bonchev–Trinajstić information content (AvgIpc) is 2.43. The standard InChI is InChI=1S/C15H18ClFN2/c1-2-11-6-3-4-9-19(11)14(10-18)15-12(16)7-5-8-13(15)17/h5,7-8,11,14H,2-4,6,9H2,1H3. The smallest absolute Gasteiger partial charge is 0.130 e. The van der Waals surface area contributed by atoms with Gasteiger partial charge >= 0.3 is 0 Å². The van der Waals surface area contributed by atoms with Crippen LogP contribution in [0.2, 0.25) is 5.02 Å². The molecule has 1 fully saturated rings. The molecule has 0 saturated carbocycles. The summed E-state index contributed by atoms with van der Waals surface area (Å²) in [5, 5.41) is 9.82. The van der Waals surface area contributed by atoms with Gasteiger partial charge in [0.05, 0.1) is 6.07 Å². The summed E-state index contributed by atoms with van der Waals surface area (Å²) in [4.78, 5) is 2.10. The summed E-state index contributed by atoms with van der Waals surface area (Å²) in [7, 11) is 0. The van der Waals surface area contributed by atoms with Crippen LogP contribution in [0.25, 0.3) is 0 Å². The first-order valence-corrected chi connectivity index (χ1v) is 7.16. The monoisotopic (exact) mass is 280 g/mol. The van der Waals surface area contributed by atoms with Crippen LogP contribution in [0.15, 0.2) is 18.2 Å². The summed E-state index contributed by atoms with van der Waals surface area (Å²) in [6, 6.07) is 6.58. The number of halogens is 2. The Labute approximate surface area is 118 Å². The van der Waals surface area contributed by atoms with E-state index in [1.54, 1.807) is 12.1 Å². The molecule has 0 amide bonds. The van der Waals surface area contributed by atoms with Crippen molar-refractivity contribution in [2.75, 3.05) is 6.54 Å². The van der Waals surface area contributed by atoms with Gasteiger partial charge in [0, 0.05) is 23.2 Å². The van der Waals surface area contributed by atoms with Crippen molar-refractivity contribution < 1.29 is 4.39 Å². The molecule has 0 aliphatic carbocycles. The summed E-state index contributed by atoms with van der Waals surface area (Å²) in [6.07, 6.45) is 4.28. The molecule has 2 rings (SSSR count). The molecule has 1 aromatic rings. The molecular formula is C15H18ClFN2. The van der Waals surface area contributed by atoms with Gasteiger partial charge in [0.25, 0.3) is 0 Å². The third kappa shape index (κ3) is 2.91. The molecule has 0 radical (unpaired) electrons. The molecule has 1 heterocycles. The average molecular weight is 281 g/mol. The van der Waals surface area contributed by atoms with E-state index in [4.69, 9.17) is 11.6 Å². The van der Waals surface area contributed by atoms with E-state index in [0.29, 0.717) is 16.6 Å². The molecule has 1 aromatic carbocycles. The molecule has 0 N–H and O–H groups in total. The number of nitrogens with zero attached hydrogens (tertiary/aromatic N) is 2. The van der Waals surface area contributed by atoms with Crippen LogP contribution >= 0.6 is 11.6 Å². The Balaban J connectivity index is 2.36. The van der Waals surface area contributed by atoms with Crippen molar-refractivity contribution >= 4 is 11.6 Å². The van der Waals surface area contributed by atoms with Crippen LogP contribution in [0, 0.1) is 17.1 Å².